The Kier molecular flexibility index (Phi) is 4.34. The van der Waals surface area contributed by atoms with Crippen molar-refractivity contribution in [1.29, 1.82) is 10.5 Å². The summed E-state index contributed by atoms with van der Waals surface area (Å²) in [5.41, 5.74) is -2.70. The molecule has 6 heteroatoms. The zero-order valence-electron chi connectivity index (χ0n) is 18.9. The number of ketones is 1. The van der Waals surface area contributed by atoms with Crippen LogP contribution in [-0.4, -0.2) is 35.5 Å². The van der Waals surface area contributed by atoms with Crippen LogP contribution in [0.4, 0.5) is 4.79 Å². The van der Waals surface area contributed by atoms with E-state index in [2.05, 4.69) is 12.1 Å². The second-order valence-corrected chi connectivity index (χ2v) is 12.2. The topological polar surface area (TPSA) is 94.2 Å². The van der Waals surface area contributed by atoms with Crippen LogP contribution < -0.4 is 0 Å². The van der Waals surface area contributed by atoms with Gasteiger partial charge in [-0.3, -0.25) is 4.79 Å². The largest absolute Gasteiger partial charge is 0.444 e. The molecule has 1 unspecified atom stereocenters. The van der Waals surface area contributed by atoms with E-state index in [9.17, 15) is 20.1 Å². The number of hydrogen-bond donors (Lipinski definition) is 0. The molecule has 6 nitrogen and oxygen atoms in total. The number of ether oxygens (including phenoxy) is 1. The van der Waals surface area contributed by atoms with Crippen LogP contribution in [0, 0.1) is 62.6 Å². The quantitative estimate of drug-likeness (QED) is 0.654. The van der Waals surface area contributed by atoms with Gasteiger partial charge in [-0.2, -0.15) is 10.5 Å². The summed E-state index contributed by atoms with van der Waals surface area (Å²) in [5.74, 6) is 1.67. The fraction of sp³-hybridized carbons (Fsp3) is 0.840. The molecule has 0 aromatic carbocycles. The monoisotopic (exact) mass is 423 g/mol. The van der Waals surface area contributed by atoms with Crippen LogP contribution in [0.25, 0.3) is 0 Å². The Morgan fingerprint density at radius 2 is 1.42 bits per heavy atom. The molecule has 6 fully saturated rings. The first-order chi connectivity index (χ1) is 14.6. The molecule has 1 saturated heterocycles. The molecule has 0 aromatic heterocycles. The van der Waals surface area contributed by atoms with Crippen molar-refractivity contribution in [3.8, 4) is 12.1 Å². The summed E-state index contributed by atoms with van der Waals surface area (Å²) in [6, 6.07) is 4.58. The number of nitrogens with zero attached hydrogens (tertiary/aromatic N) is 3. The van der Waals surface area contributed by atoms with Crippen LogP contribution in [0.15, 0.2) is 0 Å². The first-order valence-corrected chi connectivity index (χ1v) is 11.9. The van der Waals surface area contributed by atoms with Crippen LogP contribution in [0.5, 0.6) is 0 Å². The first kappa shape index (κ1) is 20.8. The van der Waals surface area contributed by atoms with Crippen molar-refractivity contribution < 1.29 is 14.3 Å². The second kappa shape index (κ2) is 6.47. The summed E-state index contributed by atoms with van der Waals surface area (Å²) in [6.07, 6.45) is 7.35. The lowest BCUT2D eigenvalue weighted by molar-refractivity contribution is -0.146. The van der Waals surface area contributed by atoms with E-state index in [1.807, 2.05) is 20.8 Å². The highest BCUT2D eigenvalue weighted by atomic mass is 16.6. The van der Waals surface area contributed by atoms with Crippen LogP contribution in [0.2, 0.25) is 0 Å². The van der Waals surface area contributed by atoms with Crippen LogP contribution in [0.3, 0.4) is 0 Å². The highest BCUT2D eigenvalue weighted by molar-refractivity contribution is 5.94. The molecule has 166 valence electrons. The first-order valence-electron chi connectivity index (χ1n) is 11.9. The smallest absolute Gasteiger partial charge is 0.410 e. The molecule has 1 atom stereocenters. The van der Waals surface area contributed by atoms with E-state index in [-0.39, 0.29) is 17.3 Å². The van der Waals surface area contributed by atoms with Gasteiger partial charge in [-0.15, -0.1) is 0 Å². The van der Waals surface area contributed by atoms with Crippen LogP contribution >= 0.6 is 0 Å². The van der Waals surface area contributed by atoms with Crippen LogP contribution in [-0.2, 0) is 9.53 Å². The molecule has 6 aliphatic rings. The van der Waals surface area contributed by atoms with Gasteiger partial charge in [0.1, 0.15) is 11.4 Å². The van der Waals surface area contributed by atoms with Gasteiger partial charge < -0.3 is 9.64 Å². The van der Waals surface area contributed by atoms with E-state index in [1.165, 1.54) is 19.3 Å². The Hall–Kier alpha value is -2.08. The van der Waals surface area contributed by atoms with Gasteiger partial charge in [0.2, 0.25) is 0 Å². The zero-order valence-corrected chi connectivity index (χ0v) is 18.9. The number of rotatable bonds is 2. The van der Waals surface area contributed by atoms with Crippen molar-refractivity contribution in [3.63, 3.8) is 0 Å². The molecule has 5 aliphatic carbocycles. The van der Waals surface area contributed by atoms with E-state index < -0.39 is 22.3 Å². The molecule has 1 amide bonds. The van der Waals surface area contributed by atoms with Gasteiger partial charge >= 0.3 is 6.09 Å². The summed E-state index contributed by atoms with van der Waals surface area (Å²) in [4.78, 5) is 28.2. The third-order valence-electron chi connectivity index (χ3n) is 9.17. The molecular formula is C25H33N3O3. The fourth-order valence-corrected chi connectivity index (χ4v) is 8.24. The van der Waals surface area contributed by atoms with Gasteiger partial charge in [-0.05, 0) is 89.9 Å². The minimum atomic E-state index is -1.23. The number of nitriles is 2. The van der Waals surface area contributed by atoms with E-state index in [0.29, 0.717) is 43.7 Å². The highest BCUT2D eigenvalue weighted by Crippen LogP contribution is 2.76. The molecule has 6 rings (SSSR count). The van der Waals surface area contributed by atoms with E-state index in [0.717, 1.165) is 19.3 Å². The molecule has 4 bridgehead atoms. The minimum Gasteiger partial charge on any atom is -0.444 e. The average molecular weight is 424 g/mol. The number of piperidine rings is 1. The number of amides is 1. The molecule has 1 aliphatic heterocycles. The third-order valence-corrected chi connectivity index (χ3v) is 9.17. The lowest BCUT2D eigenvalue weighted by Crippen LogP contribution is -2.51. The summed E-state index contributed by atoms with van der Waals surface area (Å²) in [6.45, 7) is 6.39. The standard InChI is InChI=1S/C25H33N3O3/c1-22(2,3)31-21(30)28-6-4-24(5-7-28)19(25(24,14-26)15-27)20(29)23-11-16-8-17(12-23)10-18(9-16)13-23/h16-19H,4-13H2,1-3H3. The van der Waals surface area contributed by atoms with Crippen LogP contribution in [0.1, 0.15) is 72.1 Å². The van der Waals surface area contributed by atoms with Gasteiger partial charge in [0.25, 0.3) is 0 Å². The highest BCUT2D eigenvalue weighted by Gasteiger charge is 2.82. The molecular weight excluding hydrogens is 390 g/mol. The van der Waals surface area contributed by atoms with Gasteiger partial charge in [-0.1, -0.05) is 0 Å². The van der Waals surface area contributed by atoms with Crippen molar-refractivity contribution in [2.24, 2.45) is 39.9 Å². The molecule has 0 aromatic rings. The van der Waals surface area contributed by atoms with Gasteiger partial charge in [-0.25, -0.2) is 4.79 Å². The van der Waals surface area contributed by atoms with Crippen molar-refractivity contribution >= 4 is 11.9 Å². The SMILES string of the molecule is CC(C)(C)OC(=O)N1CCC2(CC1)C(C(=O)C13CC4CC(CC(C4)C1)C3)C2(C#N)C#N. The Labute approximate surface area is 184 Å². The lowest BCUT2D eigenvalue weighted by Gasteiger charge is -2.56. The Bertz CT molecular complexity index is 845. The van der Waals surface area contributed by atoms with E-state index >= 15 is 0 Å². The zero-order chi connectivity index (χ0) is 22.2. The molecule has 0 radical (unpaired) electrons. The summed E-state index contributed by atoms with van der Waals surface area (Å²) in [5, 5.41) is 20.1. The number of Topliss-reactive ketones (excluding diaryl/α,β-unsaturated/α-hetero) is 1. The number of likely N-dealkylation sites (tertiary alicyclic amines) is 1. The molecule has 5 saturated carbocycles. The van der Waals surface area contributed by atoms with Gasteiger partial charge in [0.05, 0.1) is 18.1 Å². The predicted octanol–water partition coefficient (Wildman–Crippen LogP) is 4.45. The summed E-state index contributed by atoms with van der Waals surface area (Å²) in [7, 11) is 0. The van der Waals surface area contributed by atoms with Crippen molar-refractivity contribution in [1.82, 2.24) is 4.90 Å². The van der Waals surface area contributed by atoms with Crippen molar-refractivity contribution in [2.45, 2.75) is 77.7 Å². The van der Waals surface area contributed by atoms with E-state index in [1.54, 1.807) is 4.90 Å². The third kappa shape index (κ3) is 2.86. The number of hydrogen-bond acceptors (Lipinski definition) is 5. The normalized spacial score (nSPS) is 38.9. The minimum absolute atomic E-state index is 0.209. The fourth-order valence-electron chi connectivity index (χ4n) is 8.24. The maximum Gasteiger partial charge on any atom is 0.410 e. The molecule has 31 heavy (non-hydrogen) atoms. The maximum absolute atomic E-state index is 14.1. The van der Waals surface area contributed by atoms with Crippen molar-refractivity contribution in [3.05, 3.63) is 0 Å². The van der Waals surface area contributed by atoms with Crippen molar-refractivity contribution in [2.75, 3.05) is 13.1 Å². The Morgan fingerprint density at radius 3 is 1.84 bits per heavy atom. The molecule has 1 heterocycles. The molecule has 0 N–H and O–H groups in total. The Morgan fingerprint density at radius 1 is 0.935 bits per heavy atom. The van der Waals surface area contributed by atoms with E-state index in [4.69, 9.17) is 4.74 Å². The lowest BCUT2D eigenvalue weighted by atomic mass is 9.48. The Balaban J connectivity index is 1.37. The average Bonchev–Trinajstić information content (AvgIpc) is 3.25. The van der Waals surface area contributed by atoms with Gasteiger partial charge in [0, 0.05) is 23.9 Å². The van der Waals surface area contributed by atoms with Gasteiger partial charge in [0.15, 0.2) is 5.41 Å². The predicted molar refractivity (Wildman–Crippen MR) is 112 cm³/mol. The second-order valence-electron chi connectivity index (χ2n) is 12.2. The summed E-state index contributed by atoms with van der Waals surface area (Å²) < 4.78 is 5.50. The maximum atomic E-state index is 14.1. The summed E-state index contributed by atoms with van der Waals surface area (Å²) >= 11 is 0. The number of carbonyl (C=O) groups is 2. The molecule has 1 spiro atoms. The number of carbonyl (C=O) groups excluding carboxylic acids is 2.